The summed E-state index contributed by atoms with van der Waals surface area (Å²) in [5.41, 5.74) is 7.32. The van der Waals surface area contributed by atoms with E-state index in [0.29, 0.717) is 16.8 Å². The Kier molecular flexibility index (Phi) is 11.0. The minimum Gasteiger partial charge on any atom is -0.508 e. The molecule has 1 heterocycles. The van der Waals surface area contributed by atoms with E-state index in [1.807, 2.05) is 0 Å². The van der Waals surface area contributed by atoms with Crippen molar-refractivity contribution >= 4 is 23.7 Å². The van der Waals surface area contributed by atoms with E-state index in [0.717, 1.165) is 0 Å². The number of rotatable bonds is 14. The molecular weight excluding hydrogens is 548 g/mol. The minimum absolute atomic E-state index is 0.00587. The molecule has 0 fully saturated rings. The predicted molar refractivity (Wildman–Crippen MR) is 149 cm³/mol. The van der Waals surface area contributed by atoms with E-state index in [9.17, 15) is 39.6 Å². The topological polar surface area (TPSA) is 240 Å². The van der Waals surface area contributed by atoms with Crippen LogP contribution in [0.5, 0.6) is 11.5 Å². The number of phenolic OH excluding ortho intramolecular Hbond substituents is 2. The zero-order valence-corrected chi connectivity index (χ0v) is 22.7. The molecule has 14 heteroatoms. The van der Waals surface area contributed by atoms with Gasteiger partial charge in [-0.2, -0.15) is 0 Å². The molecule has 14 nitrogen and oxygen atoms in total. The van der Waals surface area contributed by atoms with Crippen LogP contribution in [-0.2, 0) is 38.4 Å². The first-order valence-corrected chi connectivity index (χ1v) is 13.0. The highest BCUT2D eigenvalue weighted by atomic mass is 16.4. The Morgan fingerprint density at radius 1 is 0.786 bits per heavy atom. The van der Waals surface area contributed by atoms with Gasteiger partial charge in [-0.25, -0.2) is 9.78 Å². The second-order valence-corrected chi connectivity index (χ2v) is 9.81. The monoisotopic (exact) mass is 582 g/mol. The van der Waals surface area contributed by atoms with E-state index in [-0.39, 0.29) is 30.8 Å². The Morgan fingerprint density at radius 3 is 1.64 bits per heavy atom. The molecule has 3 aromatic rings. The van der Waals surface area contributed by atoms with Gasteiger partial charge in [-0.3, -0.25) is 14.4 Å². The molecule has 0 radical (unpaired) electrons. The molecule has 3 amide bonds. The van der Waals surface area contributed by atoms with Gasteiger partial charge in [0.1, 0.15) is 35.7 Å². The number of aliphatic hydroxyl groups excluding tert-OH is 1. The summed E-state index contributed by atoms with van der Waals surface area (Å²) in [7, 11) is 0. The second-order valence-electron chi connectivity index (χ2n) is 9.81. The number of nitrogens with zero attached hydrogens (tertiary/aromatic N) is 1. The second kappa shape index (κ2) is 14.6. The third-order valence-corrected chi connectivity index (χ3v) is 6.43. The summed E-state index contributed by atoms with van der Waals surface area (Å²) in [6.45, 7) is 1.32. The summed E-state index contributed by atoms with van der Waals surface area (Å²) in [6.07, 6.45) is 1.34. The molecule has 0 aliphatic carbocycles. The Bertz CT molecular complexity index is 1350. The lowest BCUT2D eigenvalue weighted by molar-refractivity contribution is -0.142. The van der Waals surface area contributed by atoms with Crippen LogP contribution in [0, 0.1) is 0 Å². The van der Waals surface area contributed by atoms with Crippen molar-refractivity contribution in [1.29, 1.82) is 0 Å². The number of aliphatic carboxylic acids is 1. The first-order chi connectivity index (χ1) is 19.9. The average Bonchev–Trinajstić information content (AvgIpc) is 3.46. The summed E-state index contributed by atoms with van der Waals surface area (Å²) < 4.78 is 0. The summed E-state index contributed by atoms with van der Waals surface area (Å²) in [6, 6.07) is 6.53. The van der Waals surface area contributed by atoms with Gasteiger partial charge in [-0.15, -0.1) is 0 Å². The molecule has 2 aromatic carbocycles. The number of phenols is 2. The van der Waals surface area contributed by atoms with Crippen molar-refractivity contribution in [3.63, 3.8) is 0 Å². The zero-order valence-electron chi connectivity index (χ0n) is 22.7. The molecule has 5 unspecified atom stereocenters. The highest BCUT2D eigenvalue weighted by Crippen LogP contribution is 2.14. The van der Waals surface area contributed by atoms with Crippen LogP contribution in [0.3, 0.4) is 0 Å². The molecule has 0 spiro atoms. The summed E-state index contributed by atoms with van der Waals surface area (Å²) >= 11 is 0. The third kappa shape index (κ3) is 9.31. The van der Waals surface area contributed by atoms with E-state index < -0.39 is 54.0 Å². The Labute approximate surface area is 241 Å². The number of nitrogens with two attached hydrogens (primary N) is 1. The Balaban J connectivity index is 1.86. The highest BCUT2D eigenvalue weighted by Gasteiger charge is 2.31. The standard InChI is InChI=1S/C28H34N6O8/c1-15(35)24(29)27(40)33-22(11-17-4-8-20(37)9-5-17)25(38)32-21(10-16-2-6-19(36)7-3-16)26(39)34-23(28(41)42)12-18-13-30-14-31-18/h2-9,13-15,21-24,35-37H,10-12,29H2,1H3,(H,30,31)(H,32,38)(H,33,40)(H,34,39)(H,41,42). The van der Waals surface area contributed by atoms with Gasteiger partial charge in [0.25, 0.3) is 0 Å². The number of aromatic amines is 1. The number of aliphatic hydroxyl groups is 1. The highest BCUT2D eigenvalue weighted by molar-refractivity contribution is 5.94. The molecule has 5 atom stereocenters. The lowest BCUT2D eigenvalue weighted by Crippen LogP contribution is -2.59. The number of aromatic nitrogens is 2. The maximum absolute atomic E-state index is 13.5. The fourth-order valence-electron chi connectivity index (χ4n) is 4.00. The molecule has 224 valence electrons. The van der Waals surface area contributed by atoms with Crippen molar-refractivity contribution in [2.45, 2.75) is 56.5 Å². The molecule has 10 N–H and O–H groups in total. The van der Waals surface area contributed by atoms with Crippen LogP contribution in [0.4, 0.5) is 0 Å². The number of hydrogen-bond acceptors (Lipinski definition) is 9. The van der Waals surface area contributed by atoms with Crippen LogP contribution in [-0.4, -0.2) is 84.4 Å². The van der Waals surface area contributed by atoms with Gasteiger partial charge in [0.05, 0.1) is 12.4 Å². The van der Waals surface area contributed by atoms with Crippen molar-refractivity contribution in [1.82, 2.24) is 25.9 Å². The number of carbonyl (C=O) groups excluding carboxylic acids is 3. The predicted octanol–water partition coefficient (Wildman–Crippen LogP) is -0.904. The molecule has 0 bridgehead atoms. The Morgan fingerprint density at radius 2 is 1.24 bits per heavy atom. The molecule has 1 aromatic heterocycles. The molecular formula is C28H34N6O8. The number of carboxylic acids is 1. The van der Waals surface area contributed by atoms with E-state index >= 15 is 0 Å². The fraction of sp³-hybridized carbons (Fsp3) is 0.321. The fourth-order valence-corrected chi connectivity index (χ4v) is 4.00. The quantitative estimate of drug-likeness (QED) is 0.113. The number of aromatic hydroxyl groups is 2. The number of nitrogens with one attached hydrogen (secondary N) is 4. The van der Waals surface area contributed by atoms with Crippen LogP contribution in [0.25, 0.3) is 0 Å². The number of imidazole rings is 1. The van der Waals surface area contributed by atoms with Crippen molar-refractivity contribution in [3.8, 4) is 11.5 Å². The van der Waals surface area contributed by atoms with Crippen LogP contribution < -0.4 is 21.7 Å². The lowest BCUT2D eigenvalue weighted by Gasteiger charge is -2.26. The van der Waals surface area contributed by atoms with Crippen molar-refractivity contribution in [2.75, 3.05) is 0 Å². The van der Waals surface area contributed by atoms with Crippen molar-refractivity contribution in [2.24, 2.45) is 5.73 Å². The minimum atomic E-state index is -1.35. The largest absolute Gasteiger partial charge is 0.508 e. The van der Waals surface area contributed by atoms with E-state index in [1.165, 1.54) is 43.7 Å². The number of carbonyl (C=O) groups is 4. The van der Waals surface area contributed by atoms with Gasteiger partial charge in [0.2, 0.25) is 17.7 Å². The Hall–Kier alpha value is -4.95. The van der Waals surface area contributed by atoms with Gasteiger partial charge in [-0.1, -0.05) is 24.3 Å². The normalized spacial score (nSPS) is 14.5. The van der Waals surface area contributed by atoms with Crippen LogP contribution in [0.2, 0.25) is 0 Å². The van der Waals surface area contributed by atoms with Crippen LogP contribution >= 0.6 is 0 Å². The smallest absolute Gasteiger partial charge is 0.326 e. The molecule has 0 saturated carbocycles. The number of H-pyrrole nitrogens is 1. The molecule has 3 rings (SSSR count). The SMILES string of the molecule is CC(O)C(N)C(=O)NC(Cc1ccc(O)cc1)C(=O)NC(Cc1ccc(O)cc1)C(=O)NC(Cc1cnc[nH]1)C(=O)O. The number of amides is 3. The van der Waals surface area contributed by atoms with E-state index in [1.54, 1.807) is 24.3 Å². The maximum atomic E-state index is 13.5. The number of benzene rings is 2. The van der Waals surface area contributed by atoms with E-state index in [2.05, 4.69) is 25.9 Å². The summed E-state index contributed by atoms with van der Waals surface area (Å²) in [5.74, 6) is -3.73. The number of carboxylic acid groups (broad SMARTS) is 1. The first kappa shape index (κ1) is 31.6. The third-order valence-electron chi connectivity index (χ3n) is 6.43. The van der Waals surface area contributed by atoms with Gasteiger partial charge < -0.3 is 47.1 Å². The van der Waals surface area contributed by atoms with Gasteiger partial charge >= 0.3 is 5.97 Å². The molecule has 0 aliphatic rings. The van der Waals surface area contributed by atoms with Gasteiger partial charge in [0.15, 0.2) is 0 Å². The number of hydrogen-bond donors (Lipinski definition) is 9. The average molecular weight is 583 g/mol. The summed E-state index contributed by atoms with van der Waals surface area (Å²) in [5, 5.41) is 46.2. The maximum Gasteiger partial charge on any atom is 0.326 e. The van der Waals surface area contributed by atoms with E-state index in [4.69, 9.17) is 5.73 Å². The van der Waals surface area contributed by atoms with Gasteiger partial charge in [0, 0.05) is 31.2 Å². The van der Waals surface area contributed by atoms with Crippen LogP contribution in [0.15, 0.2) is 61.1 Å². The molecule has 0 aliphatic heterocycles. The van der Waals surface area contributed by atoms with Gasteiger partial charge in [-0.05, 0) is 42.3 Å². The summed E-state index contributed by atoms with van der Waals surface area (Å²) in [4.78, 5) is 58.2. The molecule has 42 heavy (non-hydrogen) atoms. The first-order valence-electron chi connectivity index (χ1n) is 13.0. The molecule has 0 saturated heterocycles. The zero-order chi connectivity index (χ0) is 30.8. The van der Waals surface area contributed by atoms with Crippen molar-refractivity contribution < 1.29 is 39.6 Å². The van der Waals surface area contributed by atoms with Crippen molar-refractivity contribution in [3.05, 3.63) is 77.9 Å². The van der Waals surface area contributed by atoms with Crippen LogP contribution in [0.1, 0.15) is 23.7 Å². The lowest BCUT2D eigenvalue weighted by atomic mass is 10.0.